The SMILES string of the molecule is C=CCNC(N)=NCC(C)(C)C1CCCC1. The minimum Gasteiger partial charge on any atom is -0.370 e. The molecule has 0 saturated heterocycles. The van der Waals surface area contributed by atoms with Crippen LogP contribution >= 0.6 is 0 Å². The van der Waals surface area contributed by atoms with Gasteiger partial charge in [0.2, 0.25) is 0 Å². The second-order valence-corrected chi connectivity index (χ2v) is 5.34. The summed E-state index contributed by atoms with van der Waals surface area (Å²) in [5.74, 6) is 1.34. The molecule has 1 aliphatic rings. The fourth-order valence-corrected chi connectivity index (χ4v) is 2.36. The molecule has 1 rings (SSSR count). The molecule has 1 aliphatic carbocycles. The van der Waals surface area contributed by atoms with Crippen LogP contribution < -0.4 is 11.1 Å². The standard InChI is InChI=1S/C13H25N3/c1-4-9-15-12(14)16-10-13(2,3)11-7-5-6-8-11/h4,11H,1,5-10H2,2-3H3,(H3,14,15,16). The number of rotatable bonds is 5. The molecule has 0 atom stereocenters. The number of guanidine groups is 1. The predicted molar refractivity (Wildman–Crippen MR) is 70.4 cm³/mol. The first-order valence-electron chi connectivity index (χ1n) is 6.21. The van der Waals surface area contributed by atoms with E-state index in [-0.39, 0.29) is 5.41 Å². The normalized spacial score (nSPS) is 18.8. The number of hydrogen-bond donors (Lipinski definition) is 2. The van der Waals surface area contributed by atoms with E-state index in [0.29, 0.717) is 12.5 Å². The maximum Gasteiger partial charge on any atom is 0.188 e. The molecular weight excluding hydrogens is 198 g/mol. The molecule has 16 heavy (non-hydrogen) atoms. The van der Waals surface area contributed by atoms with Gasteiger partial charge in [0.1, 0.15) is 0 Å². The maximum atomic E-state index is 5.76. The second kappa shape index (κ2) is 5.92. The summed E-state index contributed by atoms with van der Waals surface area (Å²) in [5, 5.41) is 3.01. The van der Waals surface area contributed by atoms with Crippen LogP contribution in [0, 0.1) is 11.3 Å². The van der Waals surface area contributed by atoms with Crippen LogP contribution in [0.4, 0.5) is 0 Å². The fourth-order valence-electron chi connectivity index (χ4n) is 2.36. The Hall–Kier alpha value is -0.990. The quantitative estimate of drug-likeness (QED) is 0.427. The van der Waals surface area contributed by atoms with Gasteiger partial charge in [0.25, 0.3) is 0 Å². The molecule has 0 spiro atoms. The summed E-state index contributed by atoms with van der Waals surface area (Å²) in [6, 6.07) is 0. The van der Waals surface area contributed by atoms with E-state index in [4.69, 9.17) is 5.73 Å². The zero-order valence-electron chi connectivity index (χ0n) is 10.6. The Labute approximate surface area is 99.2 Å². The first-order chi connectivity index (χ1) is 7.56. The molecule has 0 aromatic carbocycles. The third-order valence-electron chi connectivity index (χ3n) is 3.54. The smallest absolute Gasteiger partial charge is 0.188 e. The zero-order valence-corrected chi connectivity index (χ0v) is 10.6. The van der Waals surface area contributed by atoms with Gasteiger partial charge in [-0.2, -0.15) is 0 Å². The topological polar surface area (TPSA) is 50.4 Å². The molecule has 3 nitrogen and oxygen atoms in total. The first-order valence-corrected chi connectivity index (χ1v) is 6.21. The molecule has 0 aliphatic heterocycles. The molecule has 0 radical (unpaired) electrons. The summed E-state index contributed by atoms with van der Waals surface area (Å²) in [6.45, 7) is 9.72. The molecule has 0 bridgehead atoms. The number of nitrogens with one attached hydrogen (secondary N) is 1. The predicted octanol–water partition coefficient (Wildman–Crippen LogP) is 2.29. The summed E-state index contributed by atoms with van der Waals surface area (Å²) in [7, 11) is 0. The van der Waals surface area contributed by atoms with Crippen LogP contribution in [-0.4, -0.2) is 19.0 Å². The van der Waals surface area contributed by atoms with Gasteiger partial charge in [-0.05, 0) is 24.2 Å². The van der Waals surface area contributed by atoms with Crippen LogP contribution in [0.2, 0.25) is 0 Å². The molecule has 3 heteroatoms. The molecule has 0 heterocycles. The third-order valence-corrected chi connectivity index (χ3v) is 3.54. The maximum absolute atomic E-state index is 5.76. The van der Waals surface area contributed by atoms with Crippen molar-refractivity contribution in [2.24, 2.45) is 22.1 Å². The van der Waals surface area contributed by atoms with E-state index >= 15 is 0 Å². The monoisotopic (exact) mass is 223 g/mol. The molecule has 0 amide bonds. The van der Waals surface area contributed by atoms with Crippen molar-refractivity contribution < 1.29 is 0 Å². The van der Waals surface area contributed by atoms with Crippen LogP contribution in [0.25, 0.3) is 0 Å². The molecule has 1 saturated carbocycles. The summed E-state index contributed by atoms with van der Waals surface area (Å²) >= 11 is 0. The van der Waals surface area contributed by atoms with E-state index in [1.165, 1.54) is 25.7 Å². The minimum absolute atomic E-state index is 0.275. The summed E-state index contributed by atoms with van der Waals surface area (Å²) in [6.07, 6.45) is 7.24. The largest absolute Gasteiger partial charge is 0.370 e. The van der Waals surface area contributed by atoms with Gasteiger partial charge in [0, 0.05) is 13.1 Å². The highest BCUT2D eigenvalue weighted by molar-refractivity contribution is 5.77. The highest BCUT2D eigenvalue weighted by Gasteiger charge is 2.31. The van der Waals surface area contributed by atoms with Crippen LogP contribution in [0.15, 0.2) is 17.6 Å². The lowest BCUT2D eigenvalue weighted by Gasteiger charge is -2.29. The molecule has 0 unspecified atom stereocenters. The average molecular weight is 223 g/mol. The number of aliphatic imine (C=N–C) groups is 1. The van der Waals surface area contributed by atoms with Crippen molar-refractivity contribution in [3.8, 4) is 0 Å². The Bertz CT molecular complexity index is 250. The second-order valence-electron chi connectivity index (χ2n) is 5.34. The van der Waals surface area contributed by atoms with Gasteiger partial charge >= 0.3 is 0 Å². The first kappa shape index (κ1) is 13.1. The summed E-state index contributed by atoms with van der Waals surface area (Å²) in [5.41, 5.74) is 6.03. The lowest BCUT2D eigenvalue weighted by Crippen LogP contribution is -2.34. The lowest BCUT2D eigenvalue weighted by molar-refractivity contribution is 0.228. The van der Waals surface area contributed by atoms with Crippen molar-refractivity contribution in [2.45, 2.75) is 39.5 Å². The van der Waals surface area contributed by atoms with Gasteiger partial charge in [0.15, 0.2) is 5.96 Å². The zero-order chi connectivity index (χ0) is 12.0. The molecule has 0 aromatic rings. The van der Waals surface area contributed by atoms with Crippen molar-refractivity contribution in [1.82, 2.24) is 5.32 Å². The van der Waals surface area contributed by atoms with Gasteiger partial charge in [-0.1, -0.05) is 32.8 Å². The highest BCUT2D eigenvalue weighted by atomic mass is 15.1. The molecule has 1 fully saturated rings. The van der Waals surface area contributed by atoms with E-state index < -0.39 is 0 Å². The van der Waals surface area contributed by atoms with E-state index in [1.54, 1.807) is 6.08 Å². The van der Waals surface area contributed by atoms with Crippen LogP contribution in [0.1, 0.15) is 39.5 Å². The van der Waals surface area contributed by atoms with Gasteiger partial charge < -0.3 is 11.1 Å². The van der Waals surface area contributed by atoms with Crippen LogP contribution in [0.3, 0.4) is 0 Å². The molecular formula is C13H25N3. The van der Waals surface area contributed by atoms with E-state index in [2.05, 4.69) is 30.7 Å². The number of nitrogens with zero attached hydrogens (tertiary/aromatic N) is 1. The van der Waals surface area contributed by atoms with Gasteiger partial charge in [-0.15, -0.1) is 6.58 Å². The minimum atomic E-state index is 0.275. The number of nitrogens with two attached hydrogens (primary N) is 1. The van der Waals surface area contributed by atoms with E-state index in [0.717, 1.165) is 12.5 Å². The van der Waals surface area contributed by atoms with Gasteiger partial charge in [-0.3, -0.25) is 4.99 Å². The average Bonchev–Trinajstić information content (AvgIpc) is 2.77. The van der Waals surface area contributed by atoms with Gasteiger partial charge in [-0.25, -0.2) is 0 Å². The summed E-state index contributed by atoms with van der Waals surface area (Å²) in [4.78, 5) is 4.41. The fraction of sp³-hybridized carbons (Fsp3) is 0.769. The van der Waals surface area contributed by atoms with Crippen molar-refractivity contribution in [2.75, 3.05) is 13.1 Å². The van der Waals surface area contributed by atoms with Crippen molar-refractivity contribution >= 4 is 5.96 Å². The Morgan fingerprint density at radius 2 is 2.12 bits per heavy atom. The van der Waals surface area contributed by atoms with Crippen LogP contribution in [-0.2, 0) is 0 Å². The third kappa shape index (κ3) is 3.87. The Morgan fingerprint density at radius 1 is 1.50 bits per heavy atom. The van der Waals surface area contributed by atoms with Crippen molar-refractivity contribution in [3.63, 3.8) is 0 Å². The van der Waals surface area contributed by atoms with E-state index in [9.17, 15) is 0 Å². The highest BCUT2D eigenvalue weighted by Crippen LogP contribution is 2.39. The van der Waals surface area contributed by atoms with Crippen molar-refractivity contribution in [3.05, 3.63) is 12.7 Å². The molecule has 3 N–H and O–H groups in total. The Balaban J connectivity index is 2.41. The summed E-state index contributed by atoms with van der Waals surface area (Å²) < 4.78 is 0. The molecule has 0 aromatic heterocycles. The van der Waals surface area contributed by atoms with E-state index in [1.807, 2.05) is 0 Å². The Morgan fingerprint density at radius 3 is 2.69 bits per heavy atom. The molecule has 92 valence electrons. The number of hydrogen-bond acceptors (Lipinski definition) is 1. The van der Waals surface area contributed by atoms with Gasteiger partial charge in [0.05, 0.1) is 0 Å². The van der Waals surface area contributed by atoms with Crippen molar-refractivity contribution in [1.29, 1.82) is 0 Å². The van der Waals surface area contributed by atoms with Crippen LogP contribution in [0.5, 0.6) is 0 Å². The Kier molecular flexibility index (Phi) is 4.84. The lowest BCUT2D eigenvalue weighted by atomic mass is 9.78.